The van der Waals surface area contributed by atoms with E-state index in [1.807, 2.05) is 6.92 Å². The zero-order valence-electron chi connectivity index (χ0n) is 19.1. The Morgan fingerprint density at radius 1 is 0.655 bits per heavy atom. The Balaban J connectivity index is 3.44. The summed E-state index contributed by atoms with van der Waals surface area (Å²) in [5.41, 5.74) is 0. The topological polar surface area (TPSA) is 72.8 Å². The van der Waals surface area contributed by atoms with E-state index >= 15 is 0 Å². The van der Waals surface area contributed by atoms with Crippen molar-refractivity contribution in [1.29, 1.82) is 0 Å². The van der Waals surface area contributed by atoms with E-state index in [9.17, 15) is 14.7 Å². The molecule has 0 aromatic rings. The first-order valence-corrected chi connectivity index (χ1v) is 12.1. The highest BCUT2D eigenvalue weighted by atomic mass is 16.6. The molecule has 0 bridgehead atoms. The summed E-state index contributed by atoms with van der Waals surface area (Å²) in [4.78, 5) is 23.2. The number of hydrogen-bond acceptors (Lipinski definition) is 5. The van der Waals surface area contributed by atoms with E-state index in [4.69, 9.17) is 9.47 Å². The van der Waals surface area contributed by atoms with Crippen molar-refractivity contribution in [3.05, 3.63) is 0 Å². The first-order chi connectivity index (χ1) is 14.1. The Morgan fingerprint density at radius 3 is 1.59 bits per heavy atom. The van der Waals surface area contributed by atoms with Gasteiger partial charge >= 0.3 is 11.9 Å². The maximum atomic E-state index is 11.8. The van der Waals surface area contributed by atoms with E-state index in [-0.39, 0.29) is 25.2 Å². The molecule has 0 fully saturated rings. The Bertz CT molecular complexity index is 383. The minimum absolute atomic E-state index is 0.0696. The van der Waals surface area contributed by atoms with Gasteiger partial charge in [0.2, 0.25) is 0 Å². The maximum Gasteiger partial charge on any atom is 0.306 e. The maximum absolute atomic E-state index is 11.8. The van der Waals surface area contributed by atoms with Gasteiger partial charge in [0.15, 0.2) is 6.10 Å². The Labute approximate surface area is 178 Å². The summed E-state index contributed by atoms with van der Waals surface area (Å²) >= 11 is 0. The van der Waals surface area contributed by atoms with Crippen LogP contribution in [0.3, 0.4) is 0 Å². The molecule has 1 atom stereocenters. The number of carbonyl (C=O) groups excluding carboxylic acids is 2. The molecule has 0 spiro atoms. The number of esters is 2. The lowest BCUT2D eigenvalue weighted by Crippen LogP contribution is -2.28. The Hall–Kier alpha value is -1.10. The van der Waals surface area contributed by atoms with E-state index in [1.54, 1.807) is 0 Å². The molecule has 0 saturated carbocycles. The van der Waals surface area contributed by atoms with Crippen molar-refractivity contribution in [1.82, 2.24) is 0 Å². The molecule has 5 heteroatoms. The number of aliphatic hydroxyl groups excluding tert-OH is 1. The summed E-state index contributed by atoms with van der Waals surface area (Å²) in [7, 11) is 0. The van der Waals surface area contributed by atoms with Gasteiger partial charge in [0.1, 0.15) is 6.61 Å². The van der Waals surface area contributed by atoms with Gasteiger partial charge < -0.3 is 14.6 Å². The molecule has 0 aromatic carbocycles. The fourth-order valence-electron chi connectivity index (χ4n) is 3.29. The molecule has 0 amide bonds. The number of rotatable bonds is 21. The largest absolute Gasteiger partial charge is 0.462 e. The lowest BCUT2D eigenvalue weighted by atomic mass is 10.0. The molecular formula is C24H46O5. The third-order valence-corrected chi connectivity index (χ3v) is 5.12. The van der Waals surface area contributed by atoms with Gasteiger partial charge in [0.25, 0.3) is 0 Å². The van der Waals surface area contributed by atoms with Crippen molar-refractivity contribution in [3.8, 4) is 0 Å². The highest BCUT2D eigenvalue weighted by molar-refractivity contribution is 5.70. The van der Waals surface area contributed by atoms with Crippen molar-refractivity contribution in [2.75, 3.05) is 13.2 Å². The highest BCUT2D eigenvalue weighted by Gasteiger charge is 2.15. The Morgan fingerprint density at radius 2 is 1.14 bits per heavy atom. The van der Waals surface area contributed by atoms with Gasteiger partial charge in [0, 0.05) is 12.8 Å². The van der Waals surface area contributed by atoms with Gasteiger partial charge in [0.05, 0.1) is 6.61 Å². The summed E-state index contributed by atoms with van der Waals surface area (Å²) < 4.78 is 10.2. The first-order valence-electron chi connectivity index (χ1n) is 12.1. The molecule has 0 radical (unpaired) electrons. The second-order valence-electron chi connectivity index (χ2n) is 8.07. The van der Waals surface area contributed by atoms with E-state index < -0.39 is 6.10 Å². The van der Waals surface area contributed by atoms with Crippen LogP contribution in [0.15, 0.2) is 0 Å². The summed E-state index contributed by atoms with van der Waals surface area (Å²) in [5.74, 6) is -0.650. The third-order valence-electron chi connectivity index (χ3n) is 5.12. The fourth-order valence-corrected chi connectivity index (χ4v) is 3.29. The van der Waals surface area contributed by atoms with Crippen LogP contribution in [0.2, 0.25) is 0 Å². The molecule has 0 aromatic heterocycles. The quantitative estimate of drug-likeness (QED) is 0.181. The molecule has 1 unspecified atom stereocenters. The van der Waals surface area contributed by atoms with Crippen molar-refractivity contribution < 1.29 is 24.2 Å². The van der Waals surface area contributed by atoms with E-state index in [2.05, 4.69) is 6.92 Å². The number of hydrogen-bond donors (Lipinski definition) is 1. The average molecular weight is 415 g/mol. The molecule has 0 rings (SSSR count). The van der Waals surface area contributed by atoms with Crippen LogP contribution in [0.5, 0.6) is 0 Å². The van der Waals surface area contributed by atoms with Crippen LogP contribution < -0.4 is 0 Å². The number of aliphatic hydroxyl groups is 1. The molecule has 0 aliphatic heterocycles. The van der Waals surface area contributed by atoms with Gasteiger partial charge in [-0.3, -0.25) is 9.59 Å². The van der Waals surface area contributed by atoms with Crippen LogP contribution >= 0.6 is 0 Å². The SMILES string of the molecule is CCCCCCCCCCCCCCCCC(=O)OC(CO)COC(=O)CCC. The molecule has 29 heavy (non-hydrogen) atoms. The second kappa shape index (κ2) is 21.6. The lowest BCUT2D eigenvalue weighted by molar-refractivity contribution is -0.161. The summed E-state index contributed by atoms with van der Waals surface area (Å²) in [6.45, 7) is 3.75. The molecule has 0 aliphatic carbocycles. The molecule has 1 N–H and O–H groups in total. The number of carbonyl (C=O) groups is 2. The van der Waals surface area contributed by atoms with E-state index in [0.29, 0.717) is 19.3 Å². The van der Waals surface area contributed by atoms with Crippen molar-refractivity contribution in [2.45, 2.75) is 129 Å². The van der Waals surface area contributed by atoms with Crippen molar-refractivity contribution >= 4 is 11.9 Å². The average Bonchev–Trinajstić information content (AvgIpc) is 2.71. The number of ether oxygens (including phenoxy) is 2. The molecular weight excluding hydrogens is 368 g/mol. The second-order valence-corrected chi connectivity index (χ2v) is 8.07. The van der Waals surface area contributed by atoms with E-state index in [1.165, 1.54) is 70.6 Å². The predicted octanol–water partition coefficient (Wildman–Crippen LogP) is 6.11. The van der Waals surface area contributed by atoms with Crippen LogP contribution in [-0.4, -0.2) is 36.4 Å². The third kappa shape index (κ3) is 20.0. The minimum atomic E-state index is -0.755. The van der Waals surface area contributed by atoms with Gasteiger partial charge in [-0.25, -0.2) is 0 Å². The van der Waals surface area contributed by atoms with Crippen LogP contribution in [0.4, 0.5) is 0 Å². The van der Waals surface area contributed by atoms with Crippen LogP contribution in [-0.2, 0) is 19.1 Å². The smallest absolute Gasteiger partial charge is 0.306 e. The van der Waals surface area contributed by atoms with Crippen LogP contribution in [0, 0.1) is 0 Å². The predicted molar refractivity (Wildman–Crippen MR) is 118 cm³/mol. The van der Waals surface area contributed by atoms with Gasteiger partial charge in [-0.15, -0.1) is 0 Å². The van der Waals surface area contributed by atoms with Crippen molar-refractivity contribution in [2.24, 2.45) is 0 Å². The zero-order chi connectivity index (χ0) is 21.6. The van der Waals surface area contributed by atoms with Gasteiger partial charge in [-0.2, -0.15) is 0 Å². The summed E-state index contributed by atoms with van der Waals surface area (Å²) in [5, 5.41) is 9.24. The number of unbranched alkanes of at least 4 members (excludes halogenated alkanes) is 13. The fraction of sp³-hybridized carbons (Fsp3) is 0.917. The first kappa shape index (κ1) is 27.9. The minimum Gasteiger partial charge on any atom is -0.462 e. The molecule has 0 aliphatic rings. The van der Waals surface area contributed by atoms with Crippen molar-refractivity contribution in [3.63, 3.8) is 0 Å². The van der Waals surface area contributed by atoms with Gasteiger partial charge in [-0.05, 0) is 12.8 Å². The molecule has 0 saturated heterocycles. The lowest BCUT2D eigenvalue weighted by Gasteiger charge is -2.15. The highest BCUT2D eigenvalue weighted by Crippen LogP contribution is 2.13. The van der Waals surface area contributed by atoms with Crippen LogP contribution in [0.25, 0.3) is 0 Å². The van der Waals surface area contributed by atoms with Crippen LogP contribution in [0.1, 0.15) is 123 Å². The molecule has 5 nitrogen and oxygen atoms in total. The standard InChI is InChI=1S/C24H46O5/c1-3-5-6-7-8-9-10-11-12-13-14-15-16-17-19-24(27)29-22(20-25)21-28-23(26)18-4-2/h22,25H,3-21H2,1-2H3. The zero-order valence-corrected chi connectivity index (χ0v) is 19.1. The van der Waals surface area contributed by atoms with E-state index in [0.717, 1.165) is 19.3 Å². The normalized spacial score (nSPS) is 12.0. The summed E-state index contributed by atoms with van der Waals surface area (Å²) in [6, 6.07) is 0. The van der Waals surface area contributed by atoms with Gasteiger partial charge in [-0.1, -0.05) is 97.3 Å². The Kier molecular flexibility index (Phi) is 20.8. The monoisotopic (exact) mass is 414 g/mol. The molecule has 172 valence electrons. The molecule has 0 heterocycles. The summed E-state index contributed by atoms with van der Waals surface area (Å²) in [6.07, 6.45) is 18.5.